The summed E-state index contributed by atoms with van der Waals surface area (Å²) in [7, 11) is 0. The molecule has 19 heavy (non-hydrogen) atoms. The van der Waals surface area contributed by atoms with Crippen molar-refractivity contribution in [3.05, 3.63) is 23.9 Å². The summed E-state index contributed by atoms with van der Waals surface area (Å²) in [4.78, 5) is 9.80. The van der Waals surface area contributed by atoms with Crippen molar-refractivity contribution in [3.8, 4) is 0 Å². The summed E-state index contributed by atoms with van der Waals surface area (Å²) in [6.07, 6.45) is 2.91. The van der Waals surface area contributed by atoms with Crippen molar-refractivity contribution >= 4 is 23.0 Å². The lowest BCUT2D eigenvalue weighted by Gasteiger charge is -2.39. The van der Waals surface area contributed by atoms with Gasteiger partial charge < -0.3 is 10.6 Å². The zero-order valence-electron chi connectivity index (χ0n) is 11.7. The van der Waals surface area contributed by atoms with E-state index < -0.39 is 0 Å². The number of aryl methyl sites for hydroxylation is 1. The molecule has 1 aliphatic rings. The molecule has 0 aromatic carbocycles. The lowest BCUT2D eigenvalue weighted by Crippen LogP contribution is -2.53. The average Bonchev–Trinajstić information content (AvgIpc) is 2.41. The summed E-state index contributed by atoms with van der Waals surface area (Å²) < 4.78 is 0. The van der Waals surface area contributed by atoms with Crippen LogP contribution in [0, 0.1) is 6.92 Å². The van der Waals surface area contributed by atoms with Crippen molar-refractivity contribution < 1.29 is 0 Å². The summed E-state index contributed by atoms with van der Waals surface area (Å²) in [5, 5.41) is 0. The molecule has 0 bridgehead atoms. The lowest BCUT2D eigenvalue weighted by molar-refractivity contribution is 0.224. The molecule has 1 aromatic rings. The number of aromatic nitrogens is 1. The van der Waals surface area contributed by atoms with Gasteiger partial charge in [0, 0.05) is 32.4 Å². The third-order valence-corrected chi connectivity index (χ3v) is 3.96. The third kappa shape index (κ3) is 3.42. The number of piperazine rings is 1. The third-order valence-electron chi connectivity index (χ3n) is 3.69. The Bertz CT molecular complexity index is 424. The minimum absolute atomic E-state index is 0.239. The fourth-order valence-electron chi connectivity index (χ4n) is 2.55. The van der Waals surface area contributed by atoms with Crippen LogP contribution >= 0.6 is 12.2 Å². The van der Waals surface area contributed by atoms with E-state index in [-0.39, 0.29) is 6.04 Å². The first kappa shape index (κ1) is 14.2. The van der Waals surface area contributed by atoms with Gasteiger partial charge in [0.2, 0.25) is 0 Å². The van der Waals surface area contributed by atoms with Gasteiger partial charge in [0.15, 0.2) is 0 Å². The van der Waals surface area contributed by atoms with Crippen molar-refractivity contribution in [2.75, 3.05) is 31.1 Å². The second-order valence-corrected chi connectivity index (χ2v) is 5.51. The van der Waals surface area contributed by atoms with Crippen LogP contribution in [0.25, 0.3) is 0 Å². The summed E-state index contributed by atoms with van der Waals surface area (Å²) >= 11 is 5.14. The number of nitrogens with two attached hydrogens (primary N) is 1. The van der Waals surface area contributed by atoms with Crippen LogP contribution in [0.15, 0.2) is 18.3 Å². The molecule has 5 heteroatoms. The topological polar surface area (TPSA) is 45.4 Å². The van der Waals surface area contributed by atoms with Crippen LogP contribution in [0.2, 0.25) is 0 Å². The van der Waals surface area contributed by atoms with E-state index in [0.29, 0.717) is 4.99 Å². The number of anilines is 1. The predicted octanol–water partition coefficient (Wildman–Crippen LogP) is 1.58. The Morgan fingerprint density at radius 1 is 1.37 bits per heavy atom. The minimum atomic E-state index is 0.239. The molecule has 2 N–H and O–H groups in total. The number of thiocarbonyl (C=S) groups is 1. The first-order chi connectivity index (χ1) is 9.11. The van der Waals surface area contributed by atoms with Crippen molar-refractivity contribution in [1.29, 1.82) is 0 Å². The van der Waals surface area contributed by atoms with Gasteiger partial charge in [-0.05, 0) is 25.0 Å². The molecule has 1 aromatic heterocycles. The van der Waals surface area contributed by atoms with E-state index in [1.807, 2.05) is 6.20 Å². The first-order valence-corrected chi connectivity index (χ1v) is 7.23. The van der Waals surface area contributed by atoms with Crippen LogP contribution in [0.5, 0.6) is 0 Å². The fourth-order valence-corrected chi connectivity index (χ4v) is 2.86. The standard InChI is InChI=1S/C14H22N4S/c1-3-12(14(15)19)17-6-8-18(9-7-17)13-5-4-11(2)10-16-13/h4-5,10,12H,3,6-9H2,1-2H3,(H2,15,19). The molecule has 1 saturated heterocycles. The molecule has 0 radical (unpaired) electrons. The molecule has 1 fully saturated rings. The highest BCUT2D eigenvalue weighted by molar-refractivity contribution is 7.80. The number of nitrogens with zero attached hydrogens (tertiary/aromatic N) is 3. The van der Waals surface area contributed by atoms with Crippen LogP contribution in [-0.4, -0.2) is 47.1 Å². The number of hydrogen-bond acceptors (Lipinski definition) is 4. The van der Waals surface area contributed by atoms with E-state index in [0.717, 1.165) is 38.4 Å². The highest BCUT2D eigenvalue weighted by atomic mass is 32.1. The molecule has 0 amide bonds. The SMILES string of the molecule is CCC(C(N)=S)N1CCN(c2ccc(C)cn2)CC1. The van der Waals surface area contributed by atoms with E-state index >= 15 is 0 Å². The number of rotatable bonds is 4. The van der Waals surface area contributed by atoms with E-state index in [1.165, 1.54) is 5.56 Å². The molecule has 0 spiro atoms. The van der Waals surface area contributed by atoms with Gasteiger partial charge in [0.05, 0.1) is 11.0 Å². The number of hydrogen-bond donors (Lipinski definition) is 1. The lowest BCUT2D eigenvalue weighted by atomic mass is 10.1. The average molecular weight is 278 g/mol. The van der Waals surface area contributed by atoms with Gasteiger partial charge in [0.25, 0.3) is 0 Å². The van der Waals surface area contributed by atoms with Crippen LogP contribution in [0.3, 0.4) is 0 Å². The molecule has 104 valence electrons. The van der Waals surface area contributed by atoms with Gasteiger partial charge in [-0.1, -0.05) is 25.2 Å². The van der Waals surface area contributed by atoms with Crippen LogP contribution < -0.4 is 10.6 Å². The Morgan fingerprint density at radius 3 is 2.53 bits per heavy atom. The zero-order chi connectivity index (χ0) is 13.8. The molecule has 0 saturated carbocycles. The van der Waals surface area contributed by atoms with Crippen LogP contribution in [-0.2, 0) is 0 Å². The summed E-state index contributed by atoms with van der Waals surface area (Å²) in [6.45, 7) is 8.14. The van der Waals surface area contributed by atoms with Gasteiger partial charge in [0.1, 0.15) is 5.82 Å². The van der Waals surface area contributed by atoms with Crippen molar-refractivity contribution in [2.45, 2.75) is 26.3 Å². The van der Waals surface area contributed by atoms with Gasteiger partial charge in [-0.2, -0.15) is 0 Å². The van der Waals surface area contributed by atoms with E-state index in [9.17, 15) is 0 Å². The molecule has 1 unspecified atom stereocenters. The Balaban J connectivity index is 1.95. The highest BCUT2D eigenvalue weighted by Gasteiger charge is 2.24. The van der Waals surface area contributed by atoms with Crippen LogP contribution in [0.1, 0.15) is 18.9 Å². The van der Waals surface area contributed by atoms with Gasteiger partial charge in [-0.25, -0.2) is 4.98 Å². The Morgan fingerprint density at radius 2 is 2.05 bits per heavy atom. The van der Waals surface area contributed by atoms with Crippen molar-refractivity contribution in [2.24, 2.45) is 5.73 Å². The second kappa shape index (κ2) is 6.30. The number of pyridine rings is 1. The maximum atomic E-state index is 5.80. The monoisotopic (exact) mass is 278 g/mol. The summed E-state index contributed by atoms with van der Waals surface area (Å²) in [5.74, 6) is 1.06. The van der Waals surface area contributed by atoms with E-state index in [1.54, 1.807) is 0 Å². The molecule has 1 aliphatic heterocycles. The fraction of sp³-hybridized carbons (Fsp3) is 0.571. The predicted molar refractivity (Wildman–Crippen MR) is 83.6 cm³/mol. The molecular weight excluding hydrogens is 256 g/mol. The molecular formula is C14H22N4S. The maximum absolute atomic E-state index is 5.80. The smallest absolute Gasteiger partial charge is 0.128 e. The van der Waals surface area contributed by atoms with Crippen LogP contribution in [0.4, 0.5) is 5.82 Å². The van der Waals surface area contributed by atoms with Gasteiger partial charge in [-0.15, -0.1) is 0 Å². The maximum Gasteiger partial charge on any atom is 0.128 e. The molecule has 0 aliphatic carbocycles. The highest BCUT2D eigenvalue weighted by Crippen LogP contribution is 2.16. The largest absolute Gasteiger partial charge is 0.392 e. The Kier molecular flexibility index (Phi) is 4.71. The second-order valence-electron chi connectivity index (χ2n) is 5.04. The van der Waals surface area contributed by atoms with Gasteiger partial charge >= 0.3 is 0 Å². The first-order valence-electron chi connectivity index (χ1n) is 6.82. The van der Waals surface area contributed by atoms with Gasteiger partial charge in [-0.3, -0.25) is 4.90 Å². The van der Waals surface area contributed by atoms with E-state index in [4.69, 9.17) is 18.0 Å². The van der Waals surface area contributed by atoms with E-state index in [2.05, 4.69) is 40.8 Å². The molecule has 2 rings (SSSR count). The Hall–Kier alpha value is -1.20. The molecule has 4 nitrogen and oxygen atoms in total. The van der Waals surface area contributed by atoms with Crippen molar-refractivity contribution in [1.82, 2.24) is 9.88 Å². The normalized spacial score (nSPS) is 18.3. The zero-order valence-corrected chi connectivity index (χ0v) is 12.5. The van der Waals surface area contributed by atoms with Crippen molar-refractivity contribution in [3.63, 3.8) is 0 Å². The quantitative estimate of drug-likeness (QED) is 0.847. The minimum Gasteiger partial charge on any atom is -0.392 e. The summed E-state index contributed by atoms with van der Waals surface area (Å²) in [5.41, 5.74) is 7.00. The summed E-state index contributed by atoms with van der Waals surface area (Å²) in [6, 6.07) is 4.44. The molecule has 2 heterocycles. The Labute approximate surface area is 120 Å². The molecule has 1 atom stereocenters.